The quantitative estimate of drug-likeness (QED) is 0.238. The number of fused-ring (bicyclic) bond motifs is 1. The molecule has 1 unspecified atom stereocenters. The van der Waals surface area contributed by atoms with Crippen molar-refractivity contribution in [2.24, 2.45) is 13.0 Å². The molecule has 0 saturated carbocycles. The molecule has 0 spiro atoms. The van der Waals surface area contributed by atoms with E-state index >= 15 is 0 Å². The number of aromatic nitrogens is 4. The number of aryl methyl sites for hydroxylation is 1. The number of rotatable bonds is 7. The van der Waals surface area contributed by atoms with Crippen LogP contribution >= 0.6 is 23.5 Å². The fourth-order valence-electron chi connectivity index (χ4n) is 4.27. The van der Waals surface area contributed by atoms with Crippen LogP contribution in [0.4, 0.5) is 0 Å². The van der Waals surface area contributed by atoms with E-state index in [1.165, 1.54) is 33.1 Å². The van der Waals surface area contributed by atoms with Crippen LogP contribution in [0, 0.1) is 5.92 Å². The molecule has 2 aromatic carbocycles. The summed E-state index contributed by atoms with van der Waals surface area (Å²) in [6.07, 6.45) is -0.707. The number of nitrogens with zero attached hydrogens (tertiary/aromatic N) is 5. The lowest BCUT2D eigenvalue weighted by Gasteiger charge is -2.48. The highest BCUT2D eigenvalue weighted by molar-refractivity contribution is 8.06. The van der Waals surface area contributed by atoms with Crippen LogP contribution in [-0.2, 0) is 30.9 Å². The Bertz CT molecular complexity index is 1380. The smallest absolute Gasteiger partial charge is 0.356 e. The Morgan fingerprint density at radius 3 is 2.21 bits per heavy atom. The summed E-state index contributed by atoms with van der Waals surface area (Å²) >= 11 is 2.58. The summed E-state index contributed by atoms with van der Waals surface area (Å²) in [7, 11) is 1.69. The van der Waals surface area contributed by atoms with Crippen molar-refractivity contribution in [1.82, 2.24) is 25.1 Å². The first-order valence-corrected chi connectivity index (χ1v) is 14.1. The summed E-state index contributed by atoms with van der Waals surface area (Å²) in [5.41, 5.74) is 0.917. The van der Waals surface area contributed by atoms with Crippen molar-refractivity contribution >= 4 is 41.4 Å². The van der Waals surface area contributed by atoms with Crippen molar-refractivity contribution in [3.63, 3.8) is 0 Å². The predicted octanol–water partition coefficient (Wildman–Crippen LogP) is 3.72. The molecule has 0 radical (unpaired) electrons. The molecule has 1 aromatic heterocycles. The Labute approximate surface area is 234 Å². The molecule has 3 aromatic rings. The standard InChI is InChI=1S/C27H27N5O5S2/c1-27(2,3)37-24(34)19-22(33)32-20(18(15-38-23(19)32)39-26-28-29-30-31(26)4)25(35)36-21(16-11-7-5-8-12-16)17-13-9-6-10-14-17/h5-14,19,21,23H,15H2,1-4H3/t19?,23-/m0/s1. The summed E-state index contributed by atoms with van der Waals surface area (Å²) in [6.45, 7) is 5.25. The molecule has 1 fully saturated rings. The summed E-state index contributed by atoms with van der Waals surface area (Å²) in [6, 6.07) is 18.8. The molecular weight excluding hydrogens is 538 g/mol. The number of hydrogen-bond acceptors (Lipinski definition) is 10. The maximum Gasteiger partial charge on any atom is 0.356 e. The van der Waals surface area contributed by atoms with Crippen LogP contribution in [-0.4, -0.2) is 59.7 Å². The van der Waals surface area contributed by atoms with E-state index in [9.17, 15) is 14.4 Å². The zero-order valence-electron chi connectivity index (χ0n) is 21.8. The second-order valence-corrected chi connectivity index (χ2v) is 12.2. The molecule has 5 rings (SSSR count). The molecular formula is C27H27N5O5S2. The van der Waals surface area contributed by atoms with Crippen LogP contribution in [0.5, 0.6) is 0 Å². The van der Waals surface area contributed by atoms with E-state index in [1.54, 1.807) is 27.8 Å². The number of tetrazole rings is 1. The van der Waals surface area contributed by atoms with Gasteiger partial charge in [-0.05, 0) is 54.1 Å². The van der Waals surface area contributed by atoms with Crippen molar-refractivity contribution in [2.75, 3.05) is 5.75 Å². The number of β-lactam (4-membered cyclic amide) rings is 1. The van der Waals surface area contributed by atoms with Crippen LogP contribution in [0.2, 0.25) is 0 Å². The van der Waals surface area contributed by atoms with Gasteiger partial charge in [0.1, 0.15) is 16.7 Å². The van der Waals surface area contributed by atoms with Gasteiger partial charge in [-0.25, -0.2) is 9.48 Å². The fraction of sp³-hybridized carbons (Fsp3) is 0.333. The fourth-order valence-corrected chi connectivity index (χ4v) is 6.70. The molecule has 0 N–H and O–H groups in total. The molecule has 0 bridgehead atoms. The highest BCUT2D eigenvalue weighted by Gasteiger charge is 2.58. The summed E-state index contributed by atoms with van der Waals surface area (Å²) < 4.78 is 13.1. The van der Waals surface area contributed by atoms with Crippen molar-refractivity contribution in [1.29, 1.82) is 0 Å². The highest BCUT2D eigenvalue weighted by atomic mass is 32.2. The van der Waals surface area contributed by atoms with Gasteiger partial charge in [0.15, 0.2) is 12.0 Å². The Morgan fingerprint density at radius 1 is 1.05 bits per heavy atom. The number of benzene rings is 2. The van der Waals surface area contributed by atoms with Gasteiger partial charge in [-0.15, -0.1) is 16.9 Å². The minimum atomic E-state index is -1.00. The minimum absolute atomic E-state index is 0.0911. The third kappa shape index (κ3) is 5.57. The monoisotopic (exact) mass is 565 g/mol. The summed E-state index contributed by atoms with van der Waals surface area (Å²) in [5, 5.41) is 11.4. The molecule has 2 atom stereocenters. The largest absolute Gasteiger partial charge is 0.459 e. The second-order valence-electron chi connectivity index (χ2n) is 9.99. The first kappa shape index (κ1) is 26.9. The SMILES string of the molecule is Cn1nnnc1SC1=C(C(=O)OC(c2ccccc2)c2ccccc2)N2C(=O)C(C(=O)OC(C)(C)C)[C@@H]2SC1. The van der Waals surface area contributed by atoms with Crippen molar-refractivity contribution in [3.8, 4) is 0 Å². The minimum Gasteiger partial charge on any atom is -0.459 e. The van der Waals surface area contributed by atoms with Gasteiger partial charge in [0.25, 0.3) is 0 Å². The topological polar surface area (TPSA) is 117 Å². The number of esters is 2. The molecule has 12 heteroatoms. The van der Waals surface area contributed by atoms with Gasteiger partial charge < -0.3 is 9.47 Å². The van der Waals surface area contributed by atoms with Gasteiger partial charge in [-0.1, -0.05) is 60.7 Å². The van der Waals surface area contributed by atoms with Crippen molar-refractivity contribution in [2.45, 2.75) is 43.0 Å². The summed E-state index contributed by atoms with van der Waals surface area (Å²) in [5.74, 6) is -2.42. The number of carbonyl (C=O) groups is 3. The third-order valence-corrected chi connectivity index (χ3v) is 8.59. The van der Waals surface area contributed by atoms with Gasteiger partial charge >= 0.3 is 11.9 Å². The third-order valence-electron chi connectivity index (χ3n) is 6.01. The van der Waals surface area contributed by atoms with Crippen LogP contribution in [0.15, 0.2) is 76.4 Å². The lowest BCUT2D eigenvalue weighted by atomic mass is 9.96. The lowest BCUT2D eigenvalue weighted by molar-refractivity contribution is -0.175. The molecule has 2 aliphatic rings. The Hall–Kier alpha value is -3.64. The van der Waals surface area contributed by atoms with Crippen molar-refractivity contribution < 1.29 is 23.9 Å². The van der Waals surface area contributed by atoms with E-state index < -0.39 is 40.8 Å². The zero-order chi connectivity index (χ0) is 27.7. The lowest BCUT2D eigenvalue weighted by Crippen LogP contribution is -2.64. The Morgan fingerprint density at radius 2 is 1.67 bits per heavy atom. The van der Waals surface area contributed by atoms with E-state index in [1.807, 2.05) is 60.7 Å². The molecule has 10 nitrogen and oxygen atoms in total. The molecule has 39 heavy (non-hydrogen) atoms. The van der Waals surface area contributed by atoms with Gasteiger partial charge in [-0.3, -0.25) is 14.5 Å². The van der Waals surface area contributed by atoms with Gasteiger partial charge in [0.05, 0.1) is 0 Å². The molecule has 2 aliphatic heterocycles. The highest BCUT2D eigenvalue weighted by Crippen LogP contribution is 2.48. The predicted molar refractivity (Wildman–Crippen MR) is 145 cm³/mol. The maximum atomic E-state index is 13.9. The second kappa shape index (κ2) is 10.9. The number of carbonyl (C=O) groups excluding carboxylic acids is 3. The average Bonchev–Trinajstić information content (AvgIpc) is 3.31. The van der Waals surface area contributed by atoms with Crippen molar-refractivity contribution in [3.05, 3.63) is 82.4 Å². The maximum absolute atomic E-state index is 13.9. The average molecular weight is 566 g/mol. The van der Waals surface area contributed by atoms with E-state index in [0.29, 0.717) is 15.8 Å². The van der Waals surface area contributed by atoms with E-state index in [0.717, 1.165) is 11.1 Å². The van der Waals surface area contributed by atoms with E-state index in [-0.39, 0.29) is 5.70 Å². The normalized spacial score (nSPS) is 19.0. The van der Waals surface area contributed by atoms with Crippen LogP contribution < -0.4 is 0 Å². The van der Waals surface area contributed by atoms with Crippen LogP contribution in [0.1, 0.15) is 38.0 Å². The molecule has 202 valence electrons. The Kier molecular flexibility index (Phi) is 7.50. The van der Waals surface area contributed by atoms with Gasteiger partial charge in [0, 0.05) is 17.7 Å². The van der Waals surface area contributed by atoms with E-state index in [4.69, 9.17) is 9.47 Å². The molecule has 0 aliphatic carbocycles. The van der Waals surface area contributed by atoms with Gasteiger partial charge in [-0.2, -0.15) is 0 Å². The number of thioether (sulfide) groups is 2. The Balaban J connectivity index is 1.50. The number of ether oxygens (including phenoxy) is 2. The van der Waals surface area contributed by atoms with Crippen LogP contribution in [0.3, 0.4) is 0 Å². The van der Waals surface area contributed by atoms with E-state index in [2.05, 4.69) is 15.5 Å². The molecule has 3 heterocycles. The summed E-state index contributed by atoms with van der Waals surface area (Å²) in [4.78, 5) is 42.1. The zero-order valence-corrected chi connectivity index (χ0v) is 23.4. The first-order valence-electron chi connectivity index (χ1n) is 12.3. The molecule has 1 amide bonds. The molecule has 1 saturated heterocycles. The number of amides is 1. The van der Waals surface area contributed by atoms with Crippen LogP contribution in [0.25, 0.3) is 0 Å². The van der Waals surface area contributed by atoms with Gasteiger partial charge in [0.2, 0.25) is 11.1 Å². The first-order chi connectivity index (χ1) is 18.6. The number of hydrogen-bond donors (Lipinski definition) is 0.